The average Bonchev–Trinajstić information content (AvgIpc) is 2.72. The Hall–Kier alpha value is -3.97. The van der Waals surface area contributed by atoms with E-state index in [-0.39, 0.29) is 5.91 Å². The number of nitrogens with one attached hydrogen (secondary N) is 1. The highest BCUT2D eigenvalue weighted by Gasteiger charge is 2.12. The highest BCUT2D eigenvalue weighted by Crippen LogP contribution is 2.20. The molecule has 4 nitrogen and oxygen atoms in total. The van der Waals surface area contributed by atoms with Gasteiger partial charge in [-0.2, -0.15) is 0 Å². The molecular formula is C24H17N3O. The van der Waals surface area contributed by atoms with Gasteiger partial charge in [0.05, 0.1) is 11.1 Å². The summed E-state index contributed by atoms with van der Waals surface area (Å²) in [5.41, 5.74) is 4.42. The summed E-state index contributed by atoms with van der Waals surface area (Å²) < 4.78 is 0. The lowest BCUT2D eigenvalue weighted by molar-refractivity contribution is 0.102. The number of rotatable bonds is 2. The Kier molecular flexibility index (Phi) is 4.81. The molecule has 4 aromatic rings. The normalized spacial score (nSPS) is 10.2. The quantitative estimate of drug-likeness (QED) is 0.530. The molecule has 134 valence electrons. The molecule has 4 heteroatoms. The van der Waals surface area contributed by atoms with E-state index in [9.17, 15) is 4.79 Å². The molecule has 2 aromatic heterocycles. The third kappa shape index (κ3) is 3.89. The Morgan fingerprint density at radius 3 is 2.64 bits per heavy atom. The fourth-order valence-electron chi connectivity index (χ4n) is 2.94. The van der Waals surface area contributed by atoms with E-state index in [4.69, 9.17) is 0 Å². The number of hydrogen-bond acceptors (Lipinski definition) is 3. The van der Waals surface area contributed by atoms with E-state index in [1.54, 1.807) is 6.20 Å². The van der Waals surface area contributed by atoms with Gasteiger partial charge in [0.1, 0.15) is 5.69 Å². The van der Waals surface area contributed by atoms with Gasteiger partial charge in [-0.25, -0.2) is 4.98 Å². The van der Waals surface area contributed by atoms with Crippen molar-refractivity contribution >= 4 is 22.5 Å². The van der Waals surface area contributed by atoms with Crippen LogP contribution in [-0.4, -0.2) is 15.9 Å². The van der Waals surface area contributed by atoms with Gasteiger partial charge < -0.3 is 5.32 Å². The first kappa shape index (κ1) is 17.4. The van der Waals surface area contributed by atoms with E-state index in [2.05, 4.69) is 27.1 Å². The number of pyridine rings is 2. The van der Waals surface area contributed by atoms with Crippen LogP contribution in [0.2, 0.25) is 0 Å². The molecule has 0 atom stereocenters. The molecule has 0 fully saturated rings. The highest BCUT2D eigenvalue weighted by molar-refractivity contribution is 6.12. The second-order valence-corrected chi connectivity index (χ2v) is 6.33. The van der Waals surface area contributed by atoms with Crippen molar-refractivity contribution < 1.29 is 4.79 Å². The summed E-state index contributed by atoms with van der Waals surface area (Å²) in [5.74, 6) is 5.93. The molecular weight excluding hydrogens is 346 g/mol. The third-order valence-electron chi connectivity index (χ3n) is 4.21. The van der Waals surface area contributed by atoms with Crippen molar-refractivity contribution in [1.29, 1.82) is 0 Å². The maximum atomic E-state index is 12.9. The summed E-state index contributed by atoms with van der Waals surface area (Å²) in [6, 6.07) is 22.5. The lowest BCUT2D eigenvalue weighted by Gasteiger charge is -2.09. The predicted octanol–water partition coefficient (Wildman–Crippen LogP) is 4.59. The molecule has 0 saturated heterocycles. The summed E-state index contributed by atoms with van der Waals surface area (Å²) in [7, 11) is 0. The van der Waals surface area contributed by atoms with E-state index in [0.717, 1.165) is 22.2 Å². The van der Waals surface area contributed by atoms with Crippen LogP contribution in [0.4, 0.5) is 5.69 Å². The SMILES string of the molecule is Cc1cc(C(=O)Nc2cccc(C#Cc3ccccn3)c2)c2ccccc2n1. The Bertz CT molecular complexity index is 1220. The van der Waals surface area contributed by atoms with Gasteiger partial charge in [0.2, 0.25) is 0 Å². The van der Waals surface area contributed by atoms with Crippen molar-refractivity contribution in [2.45, 2.75) is 6.92 Å². The van der Waals surface area contributed by atoms with Crippen LogP contribution in [0.5, 0.6) is 0 Å². The number of aryl methyl sites for hydroxylation is 1. The Balaban J connectivity index is 1.60. The number of aromatic nitrogens is 2. The first-order chi connectivity index (χ1) is 13.7. The minimum atomic E-state index is -0.170. The first-order valence-corrected chi connectivity index (χ1v) is 8.90. The van der Waals surface area contributed by atoms with Crippen LogP contribution in [0.1, 0.15) is 27.3 Å². The second-order valence-electron chi connectivity index (χ2n) is 6.33. The molecule has 0 radical (unpaired) electrons. The van der Waals surface area contributed by atoms with Crippen LogP contribution in [-0.2, 0) is 0 Å². The summed E-state index contributed by atoms with van der Waals surface area (Å²) in [6.45, 7) is 1.89. The van der Waals surface area contributed by atoms with Crippen LogP contribution in [0.25, 0.3) is 10.9 Å². The van der Waals surface area contributed by atoms with Gasteiger partial charge in [0, 0.05) is 28.5 Å². The van der Waals surface area contributed by atoms with Crippen LogP contribution in [0.15, 0.2) is 79.0 Å². The lowest BCUT2D eigenvalue weighted by Crippen LogP contribution is -2.13. The van der Waals surface area contributed by atoms with Crippen LogP contribution >= 0.6 is 0 Å². The molecule has 2 aromatic carbocycles. The Morgan fingerprint density at radius 2 is 1.79 bits per heavy atom. The van der Waals surface area contributed by atoms with Crippen molar-refractivity contribution in [3.8, 4) is 11.8 Å². The van der Waals surface area contributed by atoms with Gasteiger partial charge in [-0.1, -0.05) is 36.3 Å². The van der Waals surface area contributed by atoms with E-state index in [1.165, 1.54) is 0 Å². The Morgan fingerprint density at radius 1 is 0.929 bits per heavy atom. The van der Waals surface area contributed by atoms with Gasteiger partial charge in [-0.05, 0) is 55.3 Å². The Labute approximate surface area is 163 Å². The third-order valence-corrected chi connectivity index (χ3v) is 4.21. The van der Waals surface area contributed by atoms with E-state index in [0.29, 0.717) is 16.9 Å². The number of nitrogens with zero attached hydrogens (tertiary/aromatic N) is 2. The summed E-state index contributed by atoms with van der Waals surface area (Å²) in [4.78, 5) is 21.6. The summed E-state index contributed by atoms with van der Waals surface area (Å²) in [6.07, 6.45) is 1.71. The number of carbonyl (C=O) groups excluding carboxylic acids is 1. The fourth-order valence-corrected chi connectivity index (χ4v) is 2.94. The van der Waals surface area contributed by atoms with E-state index < -0.39 is 0 Å². The molecule has 0 aliphatic heterocycles. The van der Waals surface area contributed by atoms with Crippen molar-refractivity contribution in [2.75, 3.05) is 5.32 Å². The molecule has 0 aliphatic carbocycles. The first-order valence-electron chi connectivity index (χ1n) is 8.90. The van der Waals surface area contributed by atoms with Crippen molar-refractivity contribution in [2.24, 2.45) is 0 Å². The molecule has 0 aliphatic rings. The zero-order valence-corrected chi connectivity index (χ0v) is 15.3. The second kappa shape index (κ2) is 7.73. The molecule has 0 unspecified atom stereocenters. The average molecular weight is 363 g/mol. The molecule has 0 saturated carbocycles. The number of carbonyl (C=O) groups is 1. The fraction of sp³-hybridized carbons (Fsp3) is 0.0417. The minimum Gasteiger partial charge on any atom is -0.322 e. The standard InChI is InChI=1S/C24H17N3O/c1-17-15-22(21-10-2-3-11-23(21)26-17)24(28)27-20-9-6-7-18(16-20)12-13-19-8-4-5-14-25-19/h2-11,14-16H,1H3,(H,27,28). The van der Waals surface area contributed by atoms with Gasteiger partial charge in [-0.3, -0.25) is 9.78 Å². The topological polar surface area (TPSA) is 54.9 Å². The summed E-state index contributed by atoms with van der Waals surface area (Å²) in [5, 5.41) is 3.80. The molecule has 0 spiro atoms. The van der Waals surface area contributed by atoms with Crippen molar-refractivity contribution in [3.05, 3.63) is 102 Å². The number of para-hydroxylation sites is 1. The number of anilines is 1. The number of fused-ring (bicyclic) bond motifs is 1. The van der Waals surface area contributed by atoms with Gasteiger partial charge in [0.15, 0.2) is 0 Å². The predicted molar refractivity (Wildman–Crippen MR) is 111 cm³/mol. The van der Waals surface area contributed by atoms with Crippen molar-refractivity contribution in [3.63, 3.8) is 0 Å². The largest absolute Gasteiger partial charge is 0.322 e. The molecule has 28 heavy (non-hydrogen) atoms. The maximum absolute atomic E-state index is 12.9. The smallest absolute Gasteiger partial charge is 0.256 e. The zero-order valence-electron chi connectivity index (χ0n) is 15.3. The molecule has 2 heterocycles. The van der Waals surface area contributed by atoms with Crippen molar-refractivity contribution in [1.82, 2.24) is 9.97 Å². The van der Waals surface area contributed by atoms with Crippen LogP contribution in [0, 0.1) is 18.8 Å². The van der Waals surface area contributed by atoms with Crippen LogP contribution in [0.3, 0.4) is 0 Å². The van der Waals surface area contributed by atoms with E-state index >= 15 is 0 Å². The summed E-state index contributed by atoms with van der Waals surface area (Å²) >= 11 is 0. The molecule has 1 amide bonds. The number of benzene rings is 2. The monoisotopic (exact) mass is 363 g/mol. The number of amides is 1. The lowest BCUT2D eigenvalue weighted by atomic mass is 10.1. The van der Waals surface area contributed by atoms with Gasteiger partial charge >= 0.3 is 0 Å². The van der Waals surface area contributed by atoms with Crippen LogP contribution < -0.4 is 5.32 Å². The maximum Gasteiger partial charge on any atom is 0.256 e. The minimum absolute atomic E-state index is 0.170. The number of hydrogen-bond donors (Lipinski definition) is 1. The molecule has 0 bridgehead atoms. The highest BCUT2D eigenvalue weighted by atomic mass is 16.1. The van der Waals surface area contributed by atoms with E-state index in [1.807, 2.05) is 79.7 Å². The van der Waals surface area contributed by atoms with Gasteiger partial charge in [-0.15, -0.1) is 0 Å². The zero-order chi connectivity index (χ0) is 19.3. The van der Waals surface area contributed by atoms with Gasteiger partial charge in [0.25, 0.3) is 5.91 Å². The molecule has 1 N–H and O–H groups in total. The molecule has 4 rings (SSSR count).